The molecule has 0 bridgehead atoms. The fraction of sp³-hybridized carbons (Fsp3) is 0.526. The van der Waals surface area contributed by atoms with Crippen LogP contribution in [-0.2, 0) is 16.4 Å². The summed E-state index contributed by atoms with van der Waals surface area (Å²) < 4.78 is 31.2. The minimum absolute atomic E-state index is 0.0285. The molecule has 1 aromatic carbocycles. The molecule has 1 fully saturated rings. The van der Waals surface area contributed by atoms with E-state index in [9.17, 15) is 8.42 Å². The molecule has 0 unspecified atom stereocenters. The summed E-state index contributed by atoms with van der Waals surface area (Å²) in [6.07, 6.45) is 0.657. The average molecular weight is 378 g/mol. The molecule has 0 saturated carbocycles. The zero-order valence-corrected chi connectivity index (χ0v) is 16.5. The Bertz CT molecular complexity index is 846. The molecule has 7 heteroatoms. The molecule has 2 aromatic rings. The van der Waals surface area contributed by atoms with E-state index in [0.29, 0.717) is 13.0 Å². The lowest BCUT2D eigenvalue weighted by atomic mass is 10.1. The van der Waals surface area contributed by atoms with Crippen molar-refractivity contribution in [1.82, 2.24) is 14.7 Å². The zero-order valence-electron chi connectivity index (χ0n) is 15.7. The molecule has 3 rings (SSSR count). The molecule has 1 aliphatic rings. The normalized spacial score (nSPS) is 19.2. The van der Waals surface area contributed by atoms with Crippen LogP contribution in [-0.4, -0.2) is 54.8 Å². The van der Waals surface area contributed by atoms with Crippen molar-refractivity contribution in [1.29, 1.82) is 0 Å². The van der Waals surface area contributed by atoms with Gasteiger partial charge in [-0.05, 0) is 39.4 Å². The van der Waals surface area contributed by atoms with Gasteiger partial charge in [-0.25, -0.2) is 8.42 Å². The van der Waals surface area contributed by atoms with Crippen molar-refractivity contribution in [2.75, 3.05) is 31.7 Å². The van der Waals surface area contributed by atoms with Crippen molar-refractivity contribution in [3.05, 3.63) is 47.3 Å². The number of para-hydroxylation sites is 1. The maximum absolute atomic E-state index is 11.8. The van der Waals surface area contributed by atoms with E-state index in [4.69, 9.17) is 4.74 Å². The van der Waals surface area contributed by atoms with Gasteiger partial charge in [0.25, 0.3) is 0 Å². The summed E-state index contributed by atoms with van der Waals surface area (Å²) >= 11 is 0. The van der Waals surface area contributed by atoms with Gasteiger partial charge in [-0.1, -0.05) is 18.2 Å². The highest BCUT2D eigenvalue weighted by molar-refractivity contribution is 7.91. The van der Waals surface area contributed by atoms with Crippen molar-refractivity contribution in [2.24, 2.45) is 0 Å². The molecule has 0 N–H and O–H groups in total. The van der Waals surface area contributed by atoms with Crippen LogP contribution in [0.4, 0.5) is 0 Å². The van der Waals surface area contributed by atoms with E-state index in [1.165, 1.54) is 5.56 Å². The summed E-state index contributed by atoms with van der Waals surface area (Å²) in [7, 11) is -0.853. The third kappa shape index (κ3) is 4.45. The van der Waals surface area contributed by atoms with E-state index in [0.717, 1.165) is 30.2 Å². The fourth-order valence-electron chi connectivity index (χ4n) is 3.43. The van der Waals surface area contributed by atoms with Crippen LogP contribution in [0.15, 0.2) is 30.3 Å². The summed E-state index contributed by atoms with van der Waals surface area (Å²) in [5.74, 6) is 1.35. The van der Waals surface area contributed by atoms with Crippen molar-refractivity contribution >= 4 is 9.84 Å². The first kappa shape index (κ1) is 18.9. The number of benzene rings is 1. The van der Waals surface area contributed by atoms with Crippen molar-refractivity contribution in [3.63, 3.8) is 0 Å². The molecule has 0 aliphatic carbocycles. The minimum atomic E-state index is -2.91. The second kappa shape index (κ2) is 7.80. The van der Waals surface area contributed by atoms with Crippen LogP contribution in [0.1, 0.15) is 29.4 Å². The maximum Gasteiger partial charge on any atom is 0.152 e. The number of ether oxygens (including phenoxy) is 1. The van der Waals surface area contributed by atoms with E-state index >= 15 is 0 Å². The minimum Gasteiger partial charge on any atom is -0.492 e. The predicted molar refractivity (Wildman–Crippen MR) is 102 cm³/mol. The number of nitrogens with zero attached hydrogens (tertiary/aromatic N) is 3. The Kier molecular flexibility index (Phi) is 5.67. The number of hydrogen-bond donors (Lipinski definition) is 0. The van der Waals surface area contributed by atoms with Crippen molar-refractivity contribution in [2.45, 2.75) is 32.9 Å². The SMILES string of the molecule is Cc1nn([C@@H]2CCS(=O)(=O)C2)c(C)c1CN(C)CCOc1ccccc1. The quantitative estimate of drug-likeness (QED) is 0.741. The van der Waals surface area contributed by atoms with Crippen LogP contribution in [0.2, 0.25) is 0 Å². The summed E-state index contributed by atoms with van der Waals surface area (Å²) in [4.78, 5) is 2.20. The van der Waals surface area contributed by atoms with Crippen molar-refractivity contribution < 1.29 is 13.2 Å². The lowest BCUT2D eigenvalue weighted by Gasteiger charge is -2.18. The Balaban J connectivity index is 1.59. The number of hydrogen-bond acceptors (Lipinski definition) is 5. The van der Waals surface area contributed by atoms with Gasteiger partial charge in [-0.3, -0.25) is 9.58 Å². The third-order valence-electron chi connectivity index (χ3n) is 4.94. The Morgan fingerprint density at radius 2 is 2.00 bits per heavy atom. The van der Waals surface area contributed by atoms with E-state index in [-0.39, 0.29) is 17.5 Å². The van der Waals surface area contributed by atoms with E-state index in [2.05, 4.69) is 17.0 Å². The van der Waals surface area contributed by atoms with Gasteiger partial charge in [0.2, 0.25) is 0 Å². The van der Waals surface area contributed by atoms with Gasteiger partial charge >= 0.3 is 0 Å². The van der Waals surface area contributed by atoms with Gasteiger partial charge in [0.05, 0.1) is 23.2 Å². The Hall–Kier alpha value is -1.86. The first-order valence-corrected chi connectivity index (χ1v) is 10.8. The highest BCUT2D eigenvalue weighted by atomic mass is 32.2. The molecule has 26 heavy (non-hydrogen) atoms. The third-order valence-corrected chi connectivity index (χ3v) is 6.69. The molecule has 6 nitrogen and oxygen atoms in total. The molecule has 0 amide bonds. The first-order valence-electron chi connectivity index (χ1n) is 8.97. The topological polar surface area (TPSA) is 64.4 Å². The van der Waals surface area contributed by atoms with Gasteiger partial charge in [0.1, 0.15) is 12.4 Å². The Morgan fingerprint density at radius 3 is 2.65 bits per heavy atom. The Morgan fingerprint density at radius 1 is 1.27 bits per heavy atom. The van der Waals surface area contributed by atoms with Crippen molar-refractivity contribution in [3.8, 4) is 5.75 Å². The van der Waals surface area contributed by atoms with E-state index < -0.39 is 9.84 Å². The van der Waals surface area contributed by atoms with Gasteiger partial charge in [-0.2, -0.15) is 5.10 Å². The zero-order chi connectivity index (χ0) is 18.7. The molecule has 142 valence electrons. The number of rotatable bonds is 7. The summed E-state index contributed by atoms with van der Waals surface area (Å²) in [6, 6.07) is 9.77. The molecule has 1 saturated heterocycles. The highest BCUT2D eigenvalue weighted by Gasteiger charge is 2.31. The van der Waals surface area contributed by atoms with Crippen LogP contribution in [0.5, 0.6) is 5.75 Å². The Labute approximate surface area is 155 Å². The number of aryl methyl sites for hydroxylation is 1. The summed E-state index contributed by atoms with van der Waals surface area (Å²) in [5, 5.41) is 4.63. The van der Waals surface area contributed by atoms with E-state index in [1.54, 1.807) is 0 Å². The molecular weight excluding hydrogens is 350 g/mol. The summed E-state index contributed by atoms with van der Waals surface area (Å²) in [6.45, 7) is 6.23. The lowest BCUT2D eigenvalue weighted by molar-refractivity contribution is 0.232. The first-order chi connectivity index (χ1) is 12.4. The molecular formula is C19H27N3O3S. The number of sulfone groups is 1. The molecule has 0 spiro atoms. The second-order valence-corrected chi connectivity index (χ2v) is 9.28. The molecule has 1 aliphatic heterocycles. The van der Waals surface area contributed by atoms with Crippen LogP contribution in [0.25, 0.3) is 0 Å². The summed E-state index contributed by atoms with van der Waals surface area (Å²) in [5.41, 5.74) is 3.22. The monoisotopic (exact) mass is 377 g/mol. The van der Waals surface area contributed by atoms with Gasteiger partial charge in [0.15, 0.2) is 9.84 Å². The van der Waals surface area contributed by atoms with Crippen LogP contribution in [0.3, 0.4) is 0 Å². The predicted octanol–water partition coefficient (Wildman–Crippen LogP) is 2.37. The molecule has 2 heterocycles. The molecule has 1 atom stereocenters. The molecule has 1 aromatic heterocycles. The van der Waals surface area contributed by atoms with Gasteiger partial charge in [0, 0.05) is 24.3 Å². The van der Waals surface area contributed by atoms with Gasteiger partial charge < -0.3 is 4.74 Å². The molecule has 0 radical (unpaired) electrons. The number of aromatic nitrogens is 2. The van der Waals surface area contributed by atoms with E-state index in [1.807, 2.05) is 48.9 Å². The van der Waals surface area contributed by atoms with Crippen LogP contribution in [0, 0.1) is 13.8 Å². The van der Waals surface area contributed by atoms with Gasteiger partial charge in [-0.15, -0.1) is 0 Å². The maximum atomic E-state index is 11.8. The fourth-order valence-corrected chi connectivity index (χ4v) is 5.13. The van der Waals surface area contributed by atoms with Crippen LogP contribution < -0.4 is 4.74 Å². The highest BCUT2D eigenvalue weighted by Crippen LogP contribution is 2.27. The van der Waals surface area contributed by atoms with Crippen LogP contribution >= 0.6 is 0 Å². The average Bonchev–Trinajstić information content (AvgIpc) is 3.09. The smallest absolute Gasteiger partial charge is 0.152 e. The standard InChI is InChI=1S/C19H27N3O3S/c1-15-19(13-21(3)10-11-25-18-7-5-4-6-8-18)16(2)22(20-15)17-9-12-26(23,24)14-17/h4-8,17H,9-14H2,1-3H3/t17-/m1/s1. The lowest BCUT2D eigenvalue weighted by Crippen LogP contribution is -2.24. The number of likely N-dealkylation sites (N-methyl/N-ethyl adjacent to an activating group) is 1. The second-order valence-electron chi connectivity index (χ2n) is 7.05. The largest absolute Gasteiger partial charge is 0.492 e.